The number of likely N-dealkylation sites (tertiary alicyclic amines) is 1. The van der Waals surface area contributed by atoms with Crippen LogP contribution in [0, 0.1) is 0 Å². The van der Waals surface area contributed by atoms with E-state index in [1.165, 1.54) is 21.2 Å². The van der Waals surface area contributed by atoms with Crippen LogP contribution >= 0.6 is 15.7 Å². The first-order valence-corrected chi connectivity index (χ1v) is 15.5. The summed E-state index contributed by atoms with van der Waals surface area (Å²) in [6.45, 7) is 3.65. The molecule has 1 fully saturated rings. The molecule has 0 saturated carbocycles. The van der Waals surface area contributed by atoms with Crippen molar-refractivity contribution < 1.29 is 4.79 Å². The Morgan fingerprint density at radius 2 is 1.21 bits per heavy atom. The van der Waals surface area contributed by atoms with Gasteiger partial charge in [0.05, 0.1) is 0 Å². The Kier molecular flexibility index (Phi) is 8.89. The van der Waals surface area contributed by atoms with Crippen molar-refractivity contribution in [2.75, 3.05) is 19.6 Å². The second-order valence-corrected chi connectivity index (χ2v) is 13.7. The van der Waals surface area contributed by atoms with Crippen LogP contribution in [0.25, 0.3) is 10.4 Å². The molecule has 4 aromatic rings. The van der Waals surface area contributed by atoms with Crippen molar-refractivity contribution in [3.8, 4) is 0 Å². The fourth-order valence-electron chi connectivity index (χ4n) is 5.03. The summed E-state index contributed by atoms with van der Waals surface area (Å²) in [6.07, 6.45) is 0. The zero-order chi connectivity index (χ0) is 26.2. The summed E-state index contributed by atoms with van der Waals surface area (Å²) >= 11 is 0. The highest BCUT2D eigenvalue weighted by Gasteiger charge is 2.42. The first-order chi connectivity index (χ1) is 18.7. The average molecular weight is 533 g/mol. The first kappa shape index (κ1) is 26.2. The summed E-state index contributed by atoms with van der Waals surface area (Å²) in [5, 5.41) is 8.79. The summed E-state index contributed by atoms with van der Waals surface area (Å²) < 4.78 is 0. The molecular formula is C30H28BN4OP2. The molecule has 0 bridgehead atoms. The van der Waals surface area contributed by atoms with E-state index in [1.54, 1.807) is 0 Å². The van der Waals surface area contributed by atoms with Gasteiger partial charge in [-0.2, -0.15) is 0 Å². The van der Waals surface area contributed by atoms with Gasteiger partial charge in [0, 0.05) is 23.7 Å². The van der Waals surface area contributed by atoms with Crippen LogP contribution in [0.5, 0.6) is 0 Å². The second kappa shape index (κ2) is 12.9. The summed E-state index contributed by atoms with van der Waals surface area (Å²) in [6, 6.07) is 42.8. The molecule has 1 aliphatic rings. The standard InChI is InChI=1S/C30H28BN4OP2/c32-34-33-21-30(36)35-22-28(31-38(26-17-9-3-10-18-26)27-19-11-4-12-20-27)29(23-35)37(24-13-5-1-6-14-24)25-15-7-2-8-16-25/h1-20,28-29H,21-23H2/t28-,29-/m0/s1. The Balaban J connectivity index is 1.56. The van der Waals surface area contributed by atoms with E-state index in [2.05, 4.69) is 138 Å². The van der Waals surface area contributed by atoms with Crippen molar-refractivity contribution in [2.24, 2.45) is 5.11 Å². The Hall–Kier alpha value is -3.42. The van der Waals surface area contributed by atoms with Gasteiger partial charge < -0.3 is 4.90 Å². The number of rotatable bonds is 9. The van der Waals surface area contributed by atoms with E-state index in [1.807, 2.05) is 4.90 Å². The molecule has 1 radical (unpaired) electrons. The Morgan fingerprint density at radius 1 is 0.763 bits per heavy atom. The van der Waals surface area contributed by atoms with Gasteiger partial charge in [-0.3, -0.25) is 4.79 Å². The van der Waals surface area contributed by atoms with Crippen molar-refractivity contribution in [1.82, 2.24) is 4.90 Å². The van der Waals surface area contributed by atoms with Crippen molar-refractivity contribution in [1.29, 1.82) is 0 Å². The molecule has 0 aromatic heterocycles. The number of hydrogen-bond donors (Lipinski definition) is 0. The van der Waals surface area contributed by atoms with Gasteiger partial charge in [-0.15, -0.1) is 0 Å². The molecule has 5 rings (SSSR count). The molecule has 0 N–H and O–H groups in total. The number of nitrogens with zero attached hydrogens (tertiary/aromatic N) is 4. The van der Waals surface area contributed by atoms with Crippen molar-refractivity contribution in [3.63, 3.8) is 0 Å². The molecule has 1 amide bonds. The normalized spacial score (nSPS) is 16.8. The van der Waals surface area contributed by atoms with Gasteiger partial charge in [0.15, 0.2) is 7.00 Å². The lowest BCUT2D eigenvalue weighted by molar-refractivity contribution is -0.128. The average Bonchev–Trinajstić information content (AvgIpc) is 3.40. The summed E-state index contributed by atoms with van der Waals surface area (Å²) in [5.41, 5.74) is 9.04. The lowest BCUT2D eigenvalue weighted by Gasteiger charge is -2.31. The molecule has 5 nitrogen and oxygen atoms in total. The van der Waals surface area contributed by atoms with Gasteiger partial charge in [-0.1, -0.05) is 134 Å². The van der Waals surface area contributed by atoms with E-state index < -0.39 is 15.7 Å². The van der Waals surface area contributed by atoms with Crippen LogP contribution in [0.2, 0.25) is 5.82 Å². The number of benzene rings is 4. The molecule has 187 valence electrons. The van der Waals surface area contributed by atoms with Crippen molar-refractivity contribution >= 4 is 49.8 Å². The largest absolute Gasteiger partial charge is 0.342 e. The lowest BCUT2D eigenvalue weighted by atomic mass is 9.84. The van der Waals surface area contributed by atoms with Gasteiger partial charge in [0.25, 0.3) is 0 Å². The molecule has 38 heavy (non-hydrogen) atoms. The van der Waals surface area contributed by atoms with Crippen LogP contribution in [0.15, 0.2) is 126 Å². The van der Waals surface area contributed by atoms with Crippen molar-refractivity contribution in [3.05, 3.63) is 132 Å². The maximum absolute atomic E-state index is 13.1. The number of carbonyl (C=O) groups is 1. The third-order valence-corrected chi connectivity index (χ3v) is 12.1. The molecule has 0 unspecified atom stereocenters. The number of carbonyl (C=O) groups excluding carboxylic acids is 1. The minimum atomic E-state index is -0.742. The summed E-state index contributed by atoms with van der Waals surface area (Å²) in [7, 11) is -1.48. The van der Waals surface area contributed by atoms with Crippen LogP contribution in [0.4, 0.5) is 0 Å². The molecule has 1 aliphatic heterocycles. The van der Waals surface area contributed by atoms with Crippen LogP contribution in [0.3, 0.4) is 0 Å². The van der Waals surface area contributed by atoms with Crippen LogP contribution < -0.4 is 21.2 Å². The highest BCUT2D eigenvalue weighted by atomic mass is 31.1. The van der Waals surface area contributed by atoms with E-state index in [4.69, 9.17) is 5.53 Å². The van der Waals surface area contributed by atoms with Crippen LogP contribution in [-0.2, 0) is 4.79 Å². The SMILES string of the molecule is [N-]=[N+]=NCC(=O)N1C[C@H]([B]P(c2ccccc2)c2ccccc2)[C@@H](P(c2ccccc2)c2ccccc2)C1. The predicted octanol–water partition coefficient (Wildman–Crippen LogP) is 5.18. The van der Waals surface area contributed by atoms with Gasteiger partial charge in [-0.05, 0) is 40.5 Å². The quantitative estimate of drug-likeness (QED) is 0.0962. The zero-order valence-corrected chi connectivity index (χ0v) is 22.8. The zero-order valence-electron chi connectivity index (χ0n) is 21.0. The molecule has 0 aliphatic carbocycles. The summed E-state index contributed by atoms with van der Waals surface area (Å²) in [5.74, 6) is 0.0755. The smallest absolute Gasteiger partial charge is 0.228 e. The molecular weight excluding hydrogens is 505 g/mol. The van der Waals surface area contributed by atoms with Gasteiger partial charge >= 0.3 is 0 Å². The van der Waals surface area contributed by atoms with Crippen LogP contribution in [-0.4, -0.2) is 43.1 Å². The predicted molar refractivity (Wildman–Crippen MR) is 162 cm³/mol. The minimum absolute atomic E-state index is 0.108. The fourth-order valence-corrected chi connectivity index (χ4v) is 10.5. The van der Waals surface area contributed by atoms with E-state index in [0.717, 1.165) is 0 Å². The molecule has 2 atom stereocenters. The maximum Gasteiger partial charge on any atom is 0.228 e. The molecule has 1 saturated heterocycles. The minimum Gasteiger partial charge on any atom is -0.342 e. The Labute approximate surface area is 227 Å². The van der Waals surface area contributed by atoms with Crippen molar-refractivity contribution in [2.45, 2.75) is 11.5 Å². The van der Waals surface area contributed by atoms with Crippen LogP contribution in [0.1, 0.15) is 0 Å². The number of amides is 1. The molecule has 8 heteroatoms. The van der Waals surface area contributed by atoms with Gasteiger partial charge in [0.2, 0.25) is 5.91 Å². The molecule has 1 heterocycles. The highest BCUT2D eigenvalue weighted by molar-refractivity contribution is 7.97. The van der Waals surface area contributed by atoms with E-state index in [-0.39, 0.29) is 23.9 Å². The summed E-state index contributed by atoms with van der Waals surface area (Å²) in [4.78, 5) is 17.8. The topological polar surface area (TPSA) is 69.1 Å². The van der Waals surface area contributed by atoms with E-state index in [0.29, 0.717) is 13.1 Å². The number of hydrogen-bond acceptors (Lipinski definition) is 2. The second-order valence-electron chi connectivity index (χ2n) is 9.15. The monoisotopic (exact) mass is 533 g/mol. The third-order valence-electron chi connectivity index (χ3n) is 6.76. The third kappa shape index (κ3) is 6.17. The maximum atomic E-state index is 13.1. The molecule has 4 aromatic carbocycles. The highest BCUT2D eigenvalue weighted by Crippen LogP contribution is 2.51. The first-order valence-electron chi connectivity index (χ1n) is 12.7. The lowest BCUT2D eigenvalue weighted by Crippen LogP contribution is -2.32. The van der Waals surface area contributed by atoms with E-state index in [9.17, 15) is 4.79 Å². The Bertz CT molecular complexity index is 1290. The van der Waals surface area contributed by atoms with E-state index >= 15 is 0 Å². The number of azide groups is 1. The van der Waals surface area contributed by atoms with Gasteiger partial charge in [-0.25, -0.2) is 0 Å². The fraction of sp³-hybridized carbons (Fsp3) is 0.167. The molecule has 0 spiro atoms. The Morgan fingerprint density at radius 3 is 1.66 bits per heavy atom. The van der Waals surface area contributed by atoms with Gasteiger partial charge in [0.1, 0.15) is 6.54 Å².